The Bertz CT molecular complexity index is 421. The van der Waals surface area contributed by atoms with Crippen molar-refractivity contribution in [1.29, 1.82) is 0 Å². The quantitative estimate of drug-likeness (QED) is 0.893. The van der Waals surface area contributed by atoms with Gasteiger partial charge < -0.3 is 15.4 Å². The number of hydrogen-bond donors (Lipinski definition) is 1. The first-order valence-corrected chi connectivity index (χ1v) is 6.25. The highest BCUT2D eigenvalue weighted by atomic mass is 35.5. The SMILES string of the molecule is CCN(C)C(=O)COc1ccc(Cl)cc1[C@@H](C)N. The predicted molar refractivity (Wildman–Crippen MR) is 72.9 cm³/mol. The molecule has 4 nitrogen and oxygen atoms in total. The third-order valence-electron chi connectivity index (χ3n) is 2.71. The van der Waals surface area contributed by atoms with Crippen molar-refractivity contribution in [1.82, 2.24) is 4.90 Å². The molecule has 0 aromatic heterocycles. The Kier molecular flexibility index (Phi) is 5.44. The lowest BCUT2D eigenvalue weighted by atomic mass is 10.1. The van der Waals surface area contributed by atoms with Gasteiger partial charge in [-0.1, -0.05) is 11.6 Å². The second kappa shape index (κ2) is 6.61. The fraction of sp³-hybridized carbons (Fsp3) is 0.462. The van der Waals surface area contributed by atoms with E-state index >= 15 is 0 Å². The largest absolute Gasteiger partial charge is 0.483 e. The van der Waals surface area contributed by atoms with Crippen LogP contribution in [0.15, 0.2) is 18.2 Å². The third-order valence-corrected chi connectivity index (χ3v) is 2.95. The van der Waals surface area contributed by atoms with Gasteiger partial charge in [0.05, 0.1) is 0 Å². The number of benzene rings is 1. The zero-order valence-electron chi connectivity index (χ0n) is 10.9. The molecule has 2 N–H and O–H groups in total. The molecule has 0 spiro atoms. The Balaban J connectivity index is 2.76. The highest BCUT2D eigenvalue weighted by molar-refractivity contribution is 6.30. The van der Waals surface area contributed by atoms with E-state index in [4.69, 9.17) is 22.1 Å². The van der Waals surface area contributed by atoms with Gasteiger partial charge in [0.25, 0.3) is 5.91 Å². The number of ether oxygens (including phenoxy) is 1. The van der Waals surface area contributed by atoms with Gasteiger partial charge in [-0.3, -0.25) is 4.79 Å². The van der Waals surface area contributed by atoms with Crippen molar-refractivity contribution >= 4 is 17.5 Å². The summed E-state index contributed by atoms with van der Waals surface area (Å²) in [6.45, 7) is 4.42. The highest BCUT2D eigenvalue weighted by Gasteiger charge is 2.12. The lowest BCUT2D eigenvalue weighted by Crippen LogP contribution is -2.31. The number of hydrogen-bond acceptors (Lipinski definition) is 3. The van der Waals surface area contributed by atoms with Crippen LogP contribution in [0, 0.1) is 0 Å². The average Bonchev–Trinajstić information content (AvgIpc) is 2.35. The lowest BCUT2D eigenvalue weighted by Gasteiger charge is -2.17. The summed E-state index contributed by atoms with van der Waals surface area (Å²) in [5.74, 6) is 0.537. The lowest BCUT2D eigenvalue weighted by molar-refractivity contribution is -0.131. The molecule has 1 aromatic carbocycles. The van der Waals surface area contributed by atoms with Crippen LogP contribution in [0.25, 0.3) is 0 Å². The van der Waals surface area contributed by atoms with Crippen LogP contribution in [-0.2, 0) is 4.79 Å². The van der Waals surface area contributed by atoms with Gasteiger partial charge in [-0.05, 0) is 32.0 Å². The molecule has 18 heavy (non-hydrogen) atoms. The van der Waals surface area contributed by atoms with Gasteiger partial charge in [0.2, 0.25) is 0 Å². The summed E-state index contributed by atoms with van der Waals surface area (Å²) in [6.07, 6.45) is 0. The predicted octanol–water partition coefficient (Wildman–Crippen LogP) is 2.22. The van der Waals surface area contributed by atoms with Crippen molar-refractivity contribution in [3.63, 3.8) is 0 Å². The summed E-state index contributed by atoms with van der Waals surface area (Å²) in [6, 6.07) is 5.02. The standard InChI is InChI=1S/C13H19ClN2O2/c1-4-16(3)13(17)8-18-12-6-5-10(14)7-11(12)9(2)15/h5-7,9H,4,8,15H2,1-3H3/t9-/m1/s1. The number of halogens is 1. The van der Waals surface area contributed by atoms with Crippen LogP contribution in [0.4, 0.5) is 0 Å². The van der Waals surface area contributed by atoms with Gasteiger partial charge in [0.1, 0.15) is 5.75 Å². The Labute approximate surface area is 113 Å². The molecule has 0 bridgehead atoms. The minimum absolute atomic E-state index is 0.00565. The molecule has 1 atom stereocenters. The first-order chi connectivity index (χ1) is 8.45. The summed E-state index contributed by atoms with van der Waals surface area (Å²) >= 11 is 5.91. The van der Waals surface area contributed by atoms with Crippen molar-refractivity contribution in [2.75, 3.05) is 20.2 Å². The van der Waals surface area contributed by atoms with Gasteiger partial charge in [-0.2, -0.15) is 0 Å². The van der Waals surface area contributed by atoms with Gasteiger partial charge >= 0.3 is 0 Å². The monoisotopic (exact) mass is 270 g/mol. The summed E-state index contributed by atoms with van der Waals surface area (Å²) < 4.78 is 5.51. The molecular weight excluding hydrogens is 252 g/mol. The topological polar surface area (TPSA) is 55.6 Å². The van der Waals surface area contributed by atoms with Gasteiger partial charge in [0, 0.05) is 30.2 Å². The number of nitrogens with two attached hydrogens (primary N) is 1. The molecule has 0 aliphatic heterocycles. The summed E-state index contributed by atoms with van der Waals surface area (Å²) in [5.41, 5.74) is 6.64. The molecule has 0 heterocycles. The molecule has 5 heteroatoms. The maximum Gasteiger partial charge on any atom is 0.260 e. The molecule has 1 rings (SSSR count). The first kappa shape index (κ1) is 14.8. The van der Waals surface area contributed by atoms with Crippen molar-refractivity contribution in [2.24, 2.45) is 5.73 Å². The fourth-order valence-corrected chi connectivity index (χ4v) is 1.61. The van der Waals surface area contributed by atoms with Crippen LogP contribution in [0.5, 0.6) is 5.75 Å². The summed E-state index contributed by atoms with van der Waals surface area (Å²) in [4.78, 5) is 13.2. The Morgan fingerprint density at radius 3 is 2.78 bits per heavy atom. The third kappa shape index (κ3) is 3.89. The highest BCUT2D eigenvalue weighted by Crippen LogP contribution is 2.27. The Morgan fingerprint density at radius 2 is 2.22 bits per heavy atom. The molecule has 1 aromatic rings. The molecular formula is C13H19ClN2O2. The molecule has 0 fully saturated rings. The number of rotatable bonds is 5. The summed E-state index contributed by atoms with van der Waals surface area (Å²) in [5, 5.41) is 0.603. The molecule has 0 saturated heterocycles. The molecule has 0 aliphatic rings. The average molecular weight is 271 g/mol. The summed E-state index contributed by atoms with van der Waals surface area (Å²) in [7, 11) is 1.74. The van der Waals surface area contributed by atoms with E-state index in [9.17, 15) is 4.79 Å². The minimum atomic E-state index is -0.197. The van der Waals surface area contributed by atoms with Crippen LogP contribution >= 0.6 is 11.6 Å². The normalized spacial score (nSPS) is 12.1. The zero-order valence-corrected chi connectivity index (χ0v) is 11.7. The Hall–Kier alpha value is -1.26. The van der Waals surface area contributed by atoms with Crippen LogP contribution in [0.1, 0.15) is 25.5 Å². The van der Waals surface area contributed by atoms with Crippen molar-refractivity contribution in [2.45, 2.75) is 19.9 Å². The van der Waals surface area contributed by atoms with Crippen molar-refractivity contribution in [3.8, 4) is 5.75 Å². The van der Waals surface area contributed by atoms with E-state index in [0.29, 0.717) is 17.3 Å². The van der Waals surface area contributed by atoms with Crippen LogP contribution in [-0.4, -0.2) is 31.0 Å². The maximum atomic E-state index is 11.6. The smallest absolute Gasteiger partial charge is 0.260 e. The molecule has 0 radical (unpaired) electrons. The van der Waals surface area contributed by atoms with E-state index in [1.165, 1.54) is 0 Å². The van der Waals surface area contributed by atoms with Crippen molar-refractivity contribution < 1.29 is 9.53 Å². The van der Waals surface area contributed by atoms with E-state index < -0.39 is 0 Å². The zero-order chi connectivity index (χ0) is 13.7. The van der Waals surface area contributed by atoms with E-state index in [2.05, 4.69) is 0 Å². The molecule has 0 unspecified atom stereocenters. The Morgan fingerprint density at radius 1 is 1.56 bits per heavy atom. The molecule has 1 amide bonds. The molecule has 0 saturated carbocycles. The van der Waals surface area contributed by atoms with E-state index in [1.54, 1.807) is 30.1 Å². The fourth-order valence-electron chi connectivity index (χ4n) is 1.43. The van der Waals surface area contributed by atoms with Crippen LogP contribution in [0.3, 0.4) is 0 Å². The van der Waals surface area contributed by atoms with Crippen molar-refractivity contribution in [3.05, 3.63) is 28.8 Å². The van der Waals surface area contributed by atoms with E-state index in [1.807, 2.05) is 13.8 Å². The number of carbonyl (C=O) groups is 1. The van der Waals surface area contributed by atoms with Gasteiger partial charge in [-0.25, -0.2) is 0 Å². The van der Waals surface area contributed by atoms with Crippen LogP contribution in [0.2, 0.25) is 5.02 Å². The number of carbonyl (C=O) groups excluding carboxylic acids is 1. The maximum absolute atomic E-state index is 11.6. The van der Waals surface area contributed by atoms with E-state index in [-0.39, 0.29) is 18.6 Å². The minimum Gasteiger partial charge on any atom is -0.483 e. The number of amides is 1. The molecule has 0 aliphatic carbocycles. The number of likely N-dealkylation sites (N-methyl/N-ethyl adjacent to an activating group) is 1. The molecule has 100 valence electrons. The van der Waals surface area contributed by atoms with Gasteiger partial charge in [-0.15, -0.1) is 0 Å². The van der Waals surface area contributed by atoms with Gasteiger partial charge in [0.15, 0.2) is 6.61 Å². The van der Waals surface area contributed by atoms with Crippen LogP contribution < -0.4 is 10.5 Å². The second-order valence-electron chi connectivity index (χ2n) is 4.17. The number of nitrogens with zero attached hydrogens (tertiary/aromatic N) is 1. The second-order valence-corrected chi connectivity index (χ2v) is 4.60. The van der Waals surface area contributed by atoms with E-state index in [0.717, 1.165) is 5.56 Å². The first-order valence-electron chi connectivity index (χ1n) is 5.87.